The quantitative estimate of drug-likeness (QED) is 0.867. The molecular formula is C21H26N2O3. The normalized spacial score (nSPS) is 16.2. The number of amides is 1. The molecule has 1 heterocycles. The van der Waals surface area contributed by atoms with E-state index in [0.717, 1.165) is 25.9 Å². The van der Waals surface area contributed by atoms with Gasteiger partial charge >= 0.3 is 0 Å². The van der Waals surface area contributed by atoms with Crippen LogP contribution in [0.4, 0.5) is 5.69 Å². The fourth-order valence-corrected chi connectivity index (χ4v) is 3.32. The Kier molecular flexibility index (Phi) is 5.78. The first-order valence-electron chi connectivity index (χ1n) is 9.01. The van der Waals surface area contributed by atoms with E-state index in [2.05, 4.69) is 41.4 Å². The molecule has 0 radical (unpaired) electrons. The van der Waals surface area contributed by atoms with Crippen LogP contribution in [0.2, 0.25) is 0 Å². The third kappa shape index (κ3) is 4.35. The maximum absolute atomic E-state index is 12.4. The van der Waals surface area contributed by atoms with Gasteiger partial charge in [-0.05, 0) is 55.2 Å². The number of ether oxygens (including phenoxy) is 1. The molecule has 5 heteroatoms. The van der Waals surface area contributed by atoms with Crippen LogP contribution in [0, 0.1) is 6.92 Å². The Balaban J connectivity index is 1.52. The molecule has 5 nitrogen and oxygen atoms in total. The number of methoxy groups -OCH3 is 1. The number of hydrogen-bond acceptors (Lipinski definition) is 4. The molecule has 0 spiro atoms. The molecule has 1 saturated heterocycles. The zero-order valence-corrected chi connectivity index (χ0v) is 15.3. The predicted octanol–water partition coefficient (Wildman–Crippen LogP) is 2.82. The minimum atomic E-state index is -1.16. The van der Waals surface area contributed by atoms with Crippen LogP contribution in [0.25, 0.3) is 0 Å². The second-order valence-corrected chi connectivity index (χ2v) is 6.78. The molecule has 2 aromatic rings. The highest BCUT2D eigenvalue weighted by Gasteiger charge is 2.24. The van der Waals surface area contributed by atoms with Gasteiger partial charge in [-0.2, -0.15) is 0 Å². The fraction of sp³-hybridized carbons (Fsp3) is 0.381. The van der Waals surface area contributed by atoms with Gasteiger partial charge < -0.3 is 20.1 Å². The van der Waals surface area contributed by atoms with E-state index in [9.17, 15) is 9.90 Å². The number of hydrogen-bond donors (Lipinski definition) is 2. The van der Waals surface area contributed by atoms with Gasteiger partial charge in [0.15, 0.2) is 6.10 Å². The summed E-state index contributed by atoms with van der Waals surface area (Å²) in [7, 11) is 1.58. The van der Waals surface area contributed by atoms with Crippen LogP contribution in [-0.4, -0.2) is 37.3 Å². The minimum absolute atomic E-state index is 0.0939. The summed E-state index contributed by atoms with van der Waals surface area (Å²) in [5.41, 5.74) is 3.05. The van der Waals surface area contributed by atoms with E-state index >= 15 is 0 Å². The SMILES string of the molecule is COc1ccc([C@H](O)C(=O)NC2CCN(c3cccc(C)c3)CC2)cc1. The molecular weight excluding hydrogens is 328 g/mol. The molecule has 0 aromatic heterocycles. The maximum Gasteiger partial charge on any atom is 0.253 e. The van der Waals surface area contributed by atoms with Crippen molar-refractivity contribution in [2.24, 2.45) is 0 Å². The maximum atomic E-state index is 12.4. The molecule has 2 N–H and O–H groups in total. The van der Waals surface area contributed by atoms with Crippen molar-refractivity contribution in [2.75, 3.05) is 25.1 Å². The van der Waals surface area contributed by atoms with Gasteiger partial charge in [-0.1, -0.05) is 24.3 Å². The molecule has 1 aliphatic rings. The summed E-state index contributed by atoms with van der Waals surface area (Å²) in [6.07, 6.45) is 0.583. The summed E-state index contributed by atoms with van der Waals surface area (Å²) in [5, 5.41) is 13.3. The van der Waals surface area contributed by atoms with Crippen molar-refractivity contribution >= 4 is 11.6 Å². The van der Waals surface area contributed by atoms with Crippen LogP contribution in [0.5, 0.6) is 5.75 Å². The van der Waals surface area contributed by atoms with Crippen molar-refractivity contribution in [3.63, 3.8) is 0 Å². The summed E-state index contributed by atoms with van der Waals surface area (Å²) in [6.45, 7) is 3.89. The van der Waals surface area contributed by atoms with Gasteiger partial charge in [0.2, 0.25) is 0 Å². The van der Waals surface area contributed by atoms with Crippen LogP contribution >= 0.6 is 0 Å². The van der Waals surface area contributed by atoms with Gasteiger partial charge in [-0.15, -0.1) is 0 Å². The number of nitrogens with one attached hydrogen (secondary N) is 1. The lowest BCUT2D eigenvalue weighted by molar-refractivity contribution is -0.130. The first-order chi connectivity index (χ1) is 12.6. The topological polar surface area (TPSA) is 61.8 Å². The number of nitrogens with zero attached hydrogens (tertiary/aromatic N) is 1. The second kappa shape index (κ2) is 8.23. The number of rotatable bonds is 5. The Morgan fingerprint density at radius 2 is 1.88 bits per heavy atom. The number of carbonyl (C=O) groups is 1. The Labute approximate surface area is 154 Å². The zero-order chi connectivity index (χ0) is 18.5. The van der Waals surface area contributed by atoms with Crippen LogP contribution in [0.15, 0.2) is 48.5 Å². The Bertz CT molecular complexity index is 737. The molecule has 26 heavy (non-hydrogen) atoms. The van der Waals surface area contributed by atoms with Crippen LogP contribution in [0.3, 0.4) is 0 Å². The van der Waals surface area contributed by atoms with Crippen molar-refractivity contribution in [2.45, 2.75) is 31.9 Å². The zero-order valence-electron chi connectivity index (χ0n) is 15.3. The lowest BCUT2D eigenvalue weighted by atomic mass is 10.0. The van der Waals surface area contributed by atoms with Crippen LogP contribution < -0.4 is 15.0 Å². The van der Waals surface area contributed by atoms with Gasteiger partial charge in [0.25, 0.3) is 5.91 Å². The molecule has 1 atom stereocenters. The summed E-state index contributed by atoms with van der Waals surface area (Å²) in [4.78, 5) is 14.7. The highest BCUT2D eigenvalue weighted by Crippen LogP contribution is 2.22. The van der Waals surface area contributed by atoms with E-state index in [4.69, 9.17) is 4.74 Å². The molecule has 0 unspecified atom stereocenters. The first kappa shape index (κ1) is 18.3. The van der Waals surface area contributed by atoms with Crippen molar-refractivity contribution in [1.82, 2.24) is 5.32 Å². The van der Waals surface area contributed by atoms with E-state index in [0.29, 0.717) is 11.3 Å². The summed E-state index contributed by atoms with van der Waals surface area (Å²) in [6, 6.07) is 15.5. The molecule has 1 amide bonds. The van der Waals surface area contributed by atoms with E-state index in [1.165, 1.54) is 11.3 Å². The third-order valence-electron chi connectivity index (χ3n) is 4.89. The van der Waals surface area contributed by atoms with Crippen molar-refractivity contribution < 1.29 is 14.6 Å². The number of aryl methyl sites for hydroxylation is 1. The van der Waals surface area contributed by atoms with E-state index in [1.807, 2.05) is 0 Å². The second-order valence-electron chi connectivity index (χ2n) is 6.78. The Morgan fingerprint density at radius 1 is 1.19 bits per heavy atom. The monoisotopic (exact) mass is 354 g/mol. The smallest absolute Gasteiger partial charge is 0.253 e. The van der Waals surface area contributed by atoms with Crippen molar-refractivity contribution in [1.29, 1.82) is 0 Å². The molecule has 138 valence electrons. The van der Waals surface area contributed by atoms with E-state index in [1.54, 1.807) is 31.4 Å². The van der Waals surface area contributed by atoms with Gasteiger partial charge in [0.05, 0.1) is 7.11 Å². The lowest BCUT2D eigenvalue weighted by Gasteiger charge is -2.34. The number of benzene rings is 2. The minimum Gasteiger partial charge on any atom is -0.497 e. The Hall–Kier alpha value is -2.53. The Morgan fingerprint density at radius 3 is 2.50 bits per heavy atom. The average molecular weight is 354 g/mol. The van der Waals surface area contributed by atoms with Crippen LogP contribution in [-0.2, 0) is 4.79 Å². The van der Waals surface area contributed by atoms with Crippen molar-refractivity contribution in [3.8, 4) is 5.75 Å². The number of aliphatic hydroxyl groups excluding tert-OH is 1. The molecule has 3 rings (SSSR count). The lowest BCUT2D eigenvalue weighted by Crippen LogP contribution is -2.46. The number of carbonyl (C=O) groups excluding carboxylic acids is 1. The van der Waals surface area contributed by atoms with Gasteiger partial charge in [-0.25, -0.2) is 0 Å². The summed E-state index contributed by atoms with van der Waals surface area (Å²) < 4.78 is 5.10. The van der Waals surface area contributed by atoms with Gasteiger partial charge in [0.1, 0.15) is 5.75 Å². The predicted molar refractivity (Wildman–Crippen MR) is 103 cm³/mol. The molecule has 0 aliphatic carbocycles. The van der Waals surface area contributed by atoms with Crippen molar-refractivity contribution in [3.05, 3.63) is 59.7 Å². The van der Waals surface area contributed by atoms with Gasteiger partial charge in [-0.3, -0.25) is 4.79 Å². The fourth-order valence-electron chi connectivity index (χ4n) is 3.32. The number of piperidine rings is 1. The molecule has 1 fully saturated rings. The largest absolute Gasteiger partial charge is 0.497 e. The first-order valence-corrected chi connectivity index (χ1v) is 9.01. The standard InChI is InChI=1S/C21H26N2O3/c1-15-4-3-5-18(14-15)23-12-10-17(11-13-23)22-21(25)20(24)16-6-8-19(26-2)9-7-16/h3-9,14,17,20,24H,10-13H2,1-2H3,(H,22,25)/t20-/m0/s1. The summed E-state index contributed by atoms with van der Waals surface area (Å²) in [5.74, 6) is 0.356. The summed E-state index contributed by atoms with van der Waals surface area (Å²) >= 11 is 0. The van der Waals surface area contributed by atoms with Gasteiger partial charge in [0, 0.05) is 24.8 Å². The number of anilines is 1. The van der Waals surface area contributed by atoms with E-state index in [-0.39, 0.29) is 11.9 Å². The highest BCUT2D eigenvalue weighted by molar-refractivity contribution is 5.82. The average Bonchev–Trinajstić information content (AvgIpc) is 2.68. The highest BCUT2D eigenvalue weighted by atomic mass is 16.5. The molecule has 0 bridgehead atoms. The molecule has 0 saturated carbocycles. The molecule has 2 aromatic carbocycles. The molecule has 1 aliphatic heterocycles. The van der Waals surface area contributed by atoms with E-state index < -0.39 is 6.10 Å². The van der Waals surface area contributed by atoms with Crippen LogP contribution in [0.1, 0.15) is 30.1 Å². The number of aliphatic hydroxyl groups is 1. The third-order valence-corrected chi connectivity index (χ3v) is 4.89.